The van der Waals surface area contributed by atoms with Crippen molar-refractivity contribution < 1.29 is 4.79 Å². The van der Waals surface area contributed by atoms with Crippen molar-refractivity contribution in [3.63, 3.8) is 0 Å². The topological polar surface area (TPSA) is 49.3 Å². The summed E-state index contributed by atoms with van der Waals surface area (Å²) < 4.78 is 0. The van der Waals surface area contributed by atoms with Crippen LogP contribution in [0.25, 0.3) is 0 Å². The number of hydrogen-bond acceptors (Lipinski definition) is 4. The molecule has 3 heterocycles. The molecule has 1 fully saturated rings. The third-order valence-corrected chi connectivity index (χ3v) is 5.19. The molecule has 4 rings (SSSR count). The van der Waals surface area contributed by atoms with Crippen LogP contribution in [0.15, 0.2) is 36.7 Å². The molecule has 130 valence electrons. The SMILES string of the molecule is O=C(c1cnc(N2CCc3ccccc3C2)nc1)N1CCCCCC1. The lowest BCUT2D eigenvalue weighted by Crippen LogP contribution is -2.33. The van der Waals surface area contributed by atoms with E-state index >= 15 is 0 Å². The zero-order valence-corrected chi connectivity index (χ0v) is 14.5. The maximum absolute atomic E-state index is 12.6. The summed E-state index contributed by atoms with van der Waals surface area (Å²) >= 11 is 0. The lowest BCUT2D eigenvalue weighted by molar-refractivity contribution is 0.0761. The van der Waals surface area contributed by atoms with Gasteiger partial charge in [0.15, 0.2) is 0 Å². The second-order valence-corrected chi connectivity index (χ2v) is 6.92. The van der Waals surface area contributed by atoms with Crippen LogP contribution >= 0.6 is 0 Å². The second-order valence-electron chi connectivity index (χ2n) is 6.92. The van der Waals surface area contributed by atoms with E-state index in [0.717, 1.165) is 45.4 Å². The van der Waals surface area contributed by atoms with Crippen molar-refractivity contribution in [2.75, 3.05) is 24.5 Å². The first-order chi connectivity index (χ1) is 12.3. The number of hydrogen-bond donors (Lipinski definition) is 0. The molecule has 5 nitrogen and oxygen atoms in total. The van der Waals surface area contributed by atoms with Gasteiger partial charge in [-0.2, -0.15) is 0 Å². The summed E-state index contributed by atoms with van der Waals surface area (Å²) in [5.41, 5.74) is 3.34. The van der Waals surface area contributed by atoms with Gasteiger partial charge < -0.3 is 9.80 Å². The Bertz CT molecular complexity index is 736. The minimum absolute atomic E-state index is 0.0671. The van der Waals surface area contributed by atoms with Gasteiger partial charge in [-0.3, -0.25) is 4.79 Å². The molecule has 2 aliphatic heterocycles. The van der Waals surface area contributed by atoms with E-state index in [9.17, 15) is 4.79 Å². The molecule has 0 aliphatic carbocycles. The fraction of sp³-hybridized carbons (Fsp3) is 0.450. The molecule has 2 aliphatic rings. The van der Waals surface area contributed by atoms with E-state index in [4.69, 9.17) is 0 Å². The Morgan fingerprint density at radius 3 is 2.28 bits per heavy atom. The van der Waals surface area contributed by atoms with E-state index < -0.39 is 0 Å². The van der Waals surface area contributed by atoms with Crippen LogP contribution in [-0.4, -0.2) is 40.4 Å². The number of likely N-dealkylation sites (tertiary alicyclic amines) is 1. The number of anilines is 1. The summed E-state index contributed by atoms with van der Waals surface area (Å²) in [5.74, 6) is 0.777. The predicted molar refractivity (Wildman–Crippen MR) is 97.6 cm³/mol. The van der Waals surface area contributed by atoms with Crippen molar-refractivity contribution in [3.05, 3.63) is 53.3 Å². The summed E-state index contributed by atoms with van der Waals surface area (Å²) in [6.07, 6.45) is 9.02. The Morgan fingerprint density at radius 2 is 1.56 bits per heavy atom. The molecule has 0 unspecified atom stereocenters. The van der Waals surface area contributed by atoms with Crippen LogP contribution in [0.1, 0.15) is 47.2 Å². The summed E-state index contributed by atoms with van der Waals surface area (Å²) in [6, 6.07) is 8.52. The van der Waals surface area contributed by atoms with E-state index in [0.29, 0.717) is 11.5 Å². The van der Waals surface area contributed by atoms with Crippen LogP contribution < -0.4 is 4.90 Å². The number of benzene rings is 1. The Labute approximate surface area is 148 Å². The van der Waals surface area contributed by atoms with Crippen molar-refractivity contribution in [2.24, 2.45) is 0 Å². The highest BCUT2D eigenvalue weighted by molar-refractivity contribution is 5.93. The van der Waals surface area contributed by atoms with Crippen molar-refractivity contribution in [2.45, 2.75) is 38.6 Å². The fourth-order valence-corrected chi connectivity index (χ4v) is 3.72. The molecular formula is C20H24N4O. The van der Waals surface area contributed by atoms with Gasteiger partial charge in [0.2, 0.25) is 5.95 Å². The highest BCUT2D eigenvalue weighted by atomic mass is 16.2. The summed E-state index contributed by atoms with van der Waals surface area (Å²) in [4.78, 5) is 25.7. The van der Waals surface area contributed by atoms with E-state index in [2.05, 4.69) is 39.1 Å². The minimum Gasteiger partial charge on any atom is -0.339 e. The molecule has 0 bridgehead atoms. The van der Waals surface area contributed by atoms with Gasteiger partial charge in [0.25, 0.3) is 5.91 Å². The Hall–Kier alpha value is -2.43. The van der Waals surface area contributed by atoms with Crippen molar-refractivity contribution >= 4 is 11.9 Å². The van der Waals surface area contributed by atoms with Gasteiger partial charge in [-0.05, 0) is 30.4 Å². The number of carbonyl (C=O) groups excluding carboxylic acids is 1. The predicted octanol–water partition coefficient (Wildman–Crippen LogP) is 3.06. The Kier molecular flexibility index (Phi) is 4.63. The average molecular weight is 336 g/mol. The minimum atomic E-state index is 0.0671. The maximum Gasteiger partial charge on any atom is 0.256 e. The van der Waals surface area contributed by atoms with Gasteiger partial charge in [0.1, 0.15) is 0 Å². The summed E-state index contributed by atoms with van der Waals surface area (Å²) in [6.45, 7) is 3.44. The van der Waals surface area contributed by atoms with Gasteiger partial charge in [-0.1, -0.05) is 37.1 Å². The Balaban J connectivity index is 1.46. The molecule has 1 saturated heterocycles. The number of amides is 1. The smallest absolute Gasteiger partial charge is 0.256 e. The molecule has 0 radical (unpaired) electrons. The molecule has 2 aromatic rings. The first-order valence-corrected chi connectivity index (χ1v) is 9.24. The van der Waals surface area contributed by atoms with E-state index in [1.165, 1.54) is 24.0 Å². The number of rotatable bonds is 2. The highest BCUT2D eigenvalue weighted by Gasteiger charge is 2.20. The molecule has 0 saturated carbocycles. The van der Waals surface area contributed by atoms with Crippen LogP contribution in [-0.2, 0) is 13.0 Å². The number of carbonyl (C=O) groups is 1. The molecule has 0 spiro atoms. The molecular weight excluding hydrogens is 312 g/mol. The van der Waals surface area contributed by atoms with E-state index in [-0.39, 0.29) is 5.91 Å². The van der Waals surface area contributed by atoms with Crippen molar-refractivity contribution in [1.29, 1.82) is 0 Å². The standard InChI is InChI=1S/C20H24N4O/c25-19(23-10-5-1-2-6-11-23)18-13-21-20(22-14-18)24-12-9-16-7-3-4-8-17(16)15-24/h3-4,7-8,13-14H,1-2,5-6,9-12,15H2. The molecule has 25 heavy (non-hydrogen) atoms. The first kappa shape index (κ1) is 16.1. The van der Waals surface area contributed by atoms with Gasteiger partial charge in [-0.25, -0.2) is 9.97 Å². The van der Waals surface area contributed by atoms with Crippen LogP contribution in [0, 0.1) is 0 Å². The van der Waals surface area contributed by atoms with Crippen LogP contribution in [0.2, 0.25) is 0 Å². The third-order valence-electron chi connectivity index (χ3n) is 5.19. The molecule has 1 aromatic heterocycles. The molecule has 0 N–H and O–H groups in total. The second kappa shape index (κ2) is 7.21. The Morgan fingerprint density at radius 1 is 0.880 bits per heavy atom. The first-order valence-electron chi connectivity index (χ1n) is 9.24. The van der Waals surface area contributed by atoms with Crippen LogP contribution in [0.5, 0.6) is 0 Å². The molecule has 1 aromatic carbocycles. The molecule has 0 atom stereocenters. The van der Waals surface area contributed by atoms with Crippen molar-refractivity contribution in [3.8, 4) is 0 Å². The fourth-order valence-electron chi connectivity index (χ4n) is 3.72. The van der Waals surface area contributed by atoms with Gasteiger partial charge in [-0.15, -0.1) is 0 Å². The van der Waals surface area contributed by atoms with Gasteiger partial charge in [0, 0.05) is 38.6 Å². The quantitative estimate of drug-likeness (QED) is 0.846. The van der Waals surface area contributed by atoms with Crippen LogP contribution in [0.4, 0.5) is 5.95 Å². The van der Waals surface area contributed by atoms with Crippen molar-refractivity contribution in [1.82, 2.24) is 14.9 Å². The normalized spacial score (nSPS) is 17.8. The van der Waals surface area contributed by atoms with Crippen LogP contribution in [0.3, 0.4) is 0 Å². The average Bonchev–Trinajstić information content (AvgIpc) is 2.97. The van der Waals surface area contributed by atoms with E-state index in [1.807, 2.05) is 4.90 Å². The third kappa shape index (κ3) is 3.50. The number of fused-ring (bicyclic) bond motifs is 1. The maximum atomic E-state index is 12.6. The zero-order chi connectivity index (χ0) is 17.1. The monoisotopic (exact) mass is 336 g/mol. The van der Waals surface area contributed by atoms with Gasteiger partial charge >= 0.3 is 0 Å². The highest BCUT2D eigenvalue weighted by Crippen LogP contribution is 2.22. The summed E-state index contributed by atoms with van der Waals surface area (Å²) in [7, 11) is 0. The summed E-state index contributed by atoms with van der Waals surface area (Å²) in [5, 5.41) is 0. The zero-order valence-electron chi connectivity index (χ0n) is 14.5. The molecule has 1 amide bonds. The molecule has 5 heteroatoms. The van der Waals surface area contributed by atoms with Gasteiger partial charge in [0.05, 0.1) is 5.56 Å². The lowest BCUT2D eigenvalue weighted by Gasteiger charge is -2.28. The number of nitrogens with zero attached hydrogens (tertiary/aromatic N) is 4. The largest absolute Gasteiger partial charge is 0.339 e. The lowest BCUT2D eigenvalue weighted by atomic mass is 10.0. The van der Waals surface area contributed by atoms with E-state index in [1.54, 1.807) is 12.4 Å². The number of aromatic nitrogens is 2.